The molecule has 1 saturated carbocycles. The molecule has 1 heterocycles. The predicted octanol–water partition coefficient (Wildman–Crippen LogP) is 3.76. The molecule has 4 nitrogen and oxygen atoms in total. The van der Waals surface area contributed by atoms with Crippen molar-refractivity contribution in [2.75, 3.05) is 6.54 Å². The Kier molecular flexibility index (Phi) is 6.24. The zero-order chi connectivity index (χ0) is 15.2. The molecule has 1 aromatic heterocycles. The number of hydrogen-bond donors (Lipinski definition) is 1. The Morgan fingerprint density at radius 2 is 2.24 bits per heavy atom. The van der Waals surface area contributed by atoms with Gasteiger partial charge < -0.3 is 14.6 Å². The van der Waals surface area contributed by atoms with Gasteiger partial charge in [-0.05, 0) is 37.1 Å². The molecular weight excluding hydrogens is 264 g/mol. The van der Waals surface area contributed by atoms with Crippen molar-refractivity contribution in [1.29, 1.82) is 0 Å². The Labute approximate surface area is 128 Å². The molecular formula is C17H30N2O2. The standard InChI is InChI=1S/C17H30N2O2/c1-5-18-10-14-9-15(21-19-14)11-20-17-8-13(4)6-7-16(17)12(2)3/h9,12-13,16-18H,5-8,10-11H2,1-4H3. The van der Waals surface area contributed by atoms with Crippen molar-refractivity contribution in [1.82, 2.24) is 10.5 Å². The molecule has 3 atom stereocenters. The van der Waals surface area contributed by atoms with Gasteiger partial charge in [0.2, 0.25) is 0 Å². The number of aromatic nitrogens is 1. The van der Waals surface area contributed by atoms with Crippen LogP contribution in [0.2, 0.25) is 0 Å². The molecule has 21 heavy (non-hydrogen) atoms. The van der Waals surface area contributed by atoms with Gasteiger partial charge in [-0.25, -0.2) is 0 Å². The fourth-order valence-corrected chi connectivity index (χ4v) is 3.26. The lowest BCUT2D eigenvalue weighted by molar-refractivity contribution is -0.0533. The average Bonchev–Trinajstić information content (AvgIpc) is 2.90. The Hall–Kier alpha value is -0.870. The van der Waals surface area contributed by atoms with E-state index < -0.39 is 0 Å². The lowest BCUT2D eigenvalue weighted by atomic mass is 9.75. The molecule has 4 heteroatoms. The van der Waals surface area contributed by atoms with Crippen molar-refractivity contribution in [3.05, 3.63) is 17.5 Å². The second-order valence-corrected chi connectivity index (χ2v) is 6.74. The van der Waals surface area contributed by atoms with Crippen LogP contribution in [0.5, 0.6) is 0 Å². The maximum absolute atomic E-state index is 6.18. The molecule has 0 amide bonds. The van der Waals surface area contributed by atoms with Crippen LogP contribution in [0.15, 0.2) is 10.6 Å². The summed E-state index contributed by atoms with van der Waals surface area (Å²) >= 11 is 0. The molecule has 1 aromatic rings. The summed E-state index contributed by atoms with van der Waals surface area (Å²) in [5, 5.41) is 7.32. The third kappa shape index (κ3) is 4.82. The monoisotopic (exact) mass is 294 g/mol. The average molecular weight is 294 g/mol. The molecule has 1 fully saturated rings. The Morgan fingerprint density at radius 3 is 2.95 bits per heavy atom. The summed E-state index contributed by atoms with van der Waals surface area (Å²) in [6, 6.07) is 2.00. The summed E-state index contributed by atoms with van der Waals surface area (Å²) in [6.45, 7) is 11.3. The van der Waals surface area contributed by atoms with Crippen molar-refractivity contribution in [2.45, 2.75) is 66.2 Å². The number of rotatable bonds is 7. The smallest absolute Gasteiger partial charge is 0.162 e. The summed E-state index contributed by atoms with van der Waals surface area (Å²) in [6.07, 6.45) is 4.14. The zero-order valence-corrected chi connectivity index (χ0v) is 13.9. The fourth-order valence-electron chi connectivity index (χ4n) is 3.26. The van der Waals surface area contributed by atoms with Crippen molar-refractivity contribution in [2.24, 2.45) is 17.8 Å². The van der Waals surface area contributed by atoms with Gasteiger partial charge in [-0.3, -0.25) is 0 Å². The molecule has 0 aromatic carbocycles. The van der Waals surface area contributed by atoms with Crippen LogP contribution in [0.25, 0.3) is 0 Å². The second-order valence-electron chi connectivity index (χ2n) is 6.74. The summed E-state index contributed by atoms with van der Waals surface area (Å²) in [5.74, 6) is 2.96. The first-order chi connectivity index (χ1) is 10.1. The van der Waals surface area contributed by atoms with Crippen LogP contribution < -0.4 is 5.32 Å². The quantitative estimate of drug-likeness (QED) is 0.831. The van der Waals surface area contributed by atoms with Gasteiger partial charge in [0.15, 0.2) is 5.76 Å². The number of nitrogens with zero attached hydrogens (tertiary/aromatic N) is 1. The highest BCUT2D eigenvalue weighted by molar-refractivity contribution is 5.04. The minimum Gasteiger partial charge on any atom is -0.370 e. The zero-order valence-electron chi connectivity index (χ0n) is 13.9. The third-order valence-electron chi connectivity index (χ3n) is 4.56. The van der Waals surface area contributed by atoms with E-state index >= 15 is 0 Å². The Morgan fingerprint density at radius 1 is 1.43 bits per heavy atom. The van der Waals surface area contributed by atoms with Crippen LogP contribution in [-0.4, -0.2) is 17.8 Å². The summed E-state index contributed by atoms with van der Waals surface area (Å²) in [5.41, 5.74) is 0.952. The summed E-state index contributed by atoms with van der Waals surface area (Å²) in [4.78, 5) is 0. The van der Waals surface area contributed by atoms with Crippen LogP contribution in [0.4, 0.5) is 0 Å². The van der Waals surface area contributed by atoms with E-state index in [1.807, 2.05) is 6.07 Å². The predicted molar refractivity (Wildman–Crippen MR) is 83.8 cm³/mol. The van der Waals surface area contributed by atoms with E-state index in [4.69, 9.17) is 9.26 Å². The van der Waals surface area contributed by atoms with E-state index in [1.165, 1.54) is 19.3 Å². The van der Waals surface area contributed by atoms with Crippen LogP contribution in [-0.2, 0) is 17.9 Å². The molecule has 0 saturated heterocycles. The van der Waals surface area contributed by atoms with Gasteiger partial charge in [-0.2, -0.15) is 0 Å². The van der Waals surface area contributed by atoms with Crippen LogP contribution in [0.3, 0.4) is 0 Å². The number of ether oxygens (including phenoxy) is 1. The lowest BCUT2D eigenvalue weighted by Gasteiger charge is -2.36. The molecule has 0 aliphatic heterocycles. The van der Waals surface area contributed by atoms with Crippen molar-refractivity contribution in [3.63, 3.8) is 0 Å². The van der Waals surface area contributed by atoms with Gasteiger partial charge in [0.05, 0.1) is 11.8 Å². The van der Waals surface area contributed by atoms with E-state index in [2.05, 4.69) is 38.2 Å². The minimum absolute atomic E-state index is 0.357. The molecule has 0 spiro atoms. The van der Waals surface area contributed by atoms with Gasteiger partial charge in [-0.1, -0.05) is 39.3 Å². The van der Waals surface area contributed by atoms with Gasteiger partial charge in [0, 0.05) is 12.6 Å². The van der Waals surface area contributed by atoms with Crippen molar-refractivity contribution >= 4 is 0 Å². The minimum atomic E-state index is 0.357. The first-order valence-electron chi connectivity index (χ1n) is 8.37. The van der Waals surface area contributed by atoms with E-state index in [0.29, 0.717) is 24.5 Å². The van der Waals surface area contributed by atoms with Crippen molar-refractivity contribution in [3.8, 4) is 0 Å². The summed E-state index contributed by atoms with van der Waals surface area (Å²) in [7, 11) is 0. The van der Waals surface area contributed by atoms with E-state index in [1.54, 1.807) is 0 Å². The van der Waals surface area contributed by atoms with Crippen LogP contribution >= 0.6 is 0 Å². The van der Waals surface area contributed by atoms with Crippen LogP contribution in [0, 0.1) is 17.8 Å². The Bertz CT molecular complexity index is 417. The molecule has 120 valence electrons. The van der Waals surface area contributed by atoms with Gasteiger partial charge >= 0.3 is 0 Å². The maximum atomic E-state index is 6.18. The van der Waals surface area contributed by atoms with E-state index in [0.717, 1.165) is 30.5 Å². The maximum Gasteiger partial charge on any atom is 0.162 e. The lowest BCUT2D eigenvalue weighted by Crippen LogP contribution is -2.34. The van der Waals surface area contributed by atoms with Gasteiger partial charge in [-0.15, -0.1) is 0 Å². The van der Waals surface area contributed by atoms with Crippen LogP contribution in [0.1, 0.15) is 58.4 Å². The highest BCUT2D eigenvalue weighted by Gasteiger charge is 2.31. The largest absolute Gasteiger partial charge is 0.370 e. The molecule has 0 bridgehead atoms. The first-order valence-corrected chi connectivity index (χ1v) is 8.37. The highest BCUT2D eigenvalue weighted by Crippen LogP contribution is 2.35. The topological polar surface area (TPSA) is 47.3 Å². The second kappa shape index (κ2) is 7.95. The molecule has 2 rings (SSSR count). The molecule has 0 radical (unpaired) electrons. The Balaban J connectivity index is 1.86. The normalized spacial score (nSPS) is 26.4. The van der Waals surface area contributed by atoms with E-state index in [-0.39, 0.29) is 0 Å². The number of hydrogen-bond acceptors (Lipinski definition) is 4. The van der Waals surface area contributed by atoms with Crippen molar-refractivity contribution < 1.29 is 9.26 Å². The molecule has 1 aliphatic rings. The van der Waals surface area contributed by atoms with Gasteiger partial charge in [0.1, 0.15) is 6.61 Å². The number of nitrogens with one attached hydrogen (secondary N) is 1. The SMILES string of the molecule is CCNCc1cc(COC2CC(C)CCC2C(C)C)on1. The first kappa shape index (κ1) is 16.5. The van der Waals surface area contributed by atoms with E-state index in [9.17, 15) is 0 Å². The molecule has 3 unspecified atom stereocenters. The molecule has 1 N–H and O–H groups in total. The fraction of sp³-hybridized carbons (Fsp3) is 0.824. The van der Waals surface area contributed by atoms with Gasteiger partial charge in [0.25, 0.3) is 0 Å². The third-order valence-corrected chi connectivity index (χ3v) is 4.56. The molecule has 1 aliphatic carbocycles. The summed E-state index contributed by atoms with van der Waals surface area (Å²) < 4.78 is 11.5. The highest BCUT2D eigenvalue weighted by atomic mass is 16.5.